The van der Waals surface area contributed by atoms with Crippen molar-refractivity contribution < 1.29 is 14.3 Å². The molecule has 7 nitrogen and oxygen atoms in total. The Hall–Kier alpha value is -3.14. The number of nitrogens with zero attached hydrogens (tertiary/aromatic N) is 1. The average molecular weight is 501 g/mol. The minimum absolute atomic E-state index is 0.326. The quantitative estimate of drug-likeness (QED) is 0.446. The van der Waals surface area contributed by atoms with Crippen LogP contribution in [0, 0.1) is 0 Å². The van der Waals surface area contributed by atoms with Gasteiger partial charge in [0.1, 0.15) is 10.8 Å². The van der Waals surface area contributed by atoms with Crippen LogP contribution in [-0.2, 0) is 13.0 Å². The van der Waals surface area contributed by atoms with Crippen LogP contribution < -0.4 is 21.1 Å². The first-order valence-corrected chi connectivity index (χ1v) is 11.7. The first kappa shape index (κ1) is 23.0. The molecule has 0 unspecified atom stereocenters. The highest BCUT2D eigenvalue weighted by Gasteiger charge is 2.29. The van der Waals surface area contributed by atoms with Crippen LogP contribution in [0.1, 0.15) is 31.2 Å². The second-order valence-electron chi connectivity index (χ2n) is 7.34. The summed E-state index contributed by atoms with van der Waals surface area (Å²) in [6.45, 7) is 1.12. The first-order valence-electron chi connectivity index (χ1n) is 10.1. The van der Waals surface area contributed by atoms with Crippen LogP contribution in [0.4, 0.5) is 10.7 Å². The summed E-state index contributed by atoms with van der Waals surface area (Å²) in [4.78, 5) is 27.9. The fourth-order valence-electron chi connectivity index (χ4n) is 3.62. The zero-order chi connectivity index (χ0) is 23.5. The highest BCUT2D eigenvalue weighted by molar-refractivity contribution is 7.80. The average Bonchev–Trinajstić information content (AvgIpc) is 3.17. The Balaban J connectivity index is 1.52. The zero-order valence-electron chi connectivity index (χ0n) is 17.7. The number of carbonyl (C=O) groups excluding carboxylic acids is 2. The molecule has 0 aliphatic carbocycles. The lowest BCUT2D eigenvalue weighted by Crippen LogP contribution is -2.38. The highest BCUT2D eigenvalue weighted by Crippen LogP contribution is 2.37. The molecule has 170 valence electrons. The number of ether oxygens (including phenoxy) is 1. The molecule has 0 saturated heterocycles. The third kappa shape index (κ3) is 4.95. The monoisotopic (exact) mass is 500 g/mol. The minimum Gasteiger partial charge on any atom is -0.497 e. The van der Waals surface area contributed by atoms with E-state index in [2.05, 4.69) is 10.6 Å². The second-order valence-corrected chi connectivity index (χ2v) is 9.24. The standard InChI is InChI=1S/C23H21ClN4O3S2/c1-31-14-8-6-13(7-9-14)26-23(32)28-11-10-16-18(12-28)33-22(19(16)20(25)29)27-21(30)15-4-2-3-5-17(15)24/h2-9H,10-12H2,1H3,(H2,25,29)(H,26,32)(H,27,30). The van der Waals surface area contributed by atoms with Gasteiger partial charge in [0.25, 0.3) is 11.8 Å². The molecule has 4 N–H and O–H groups in total. The van der Waals surface area contributed by atoms with Gasteiger partial charge in [-0.2, -0.15) is 0 Å². The Labute approximate surface area is 205 Å². The van der Waals surface area contributed by atoms with Crippen molar-refractivity contribution >= 4 is 62.8 Å². The van der Waals surface area contributed by atoms with Gasteiger partial charge < -0.3 is 26.0 Å². The van der Waals surface area contributed by atoms with Crippen LogP contribution in [0.25, 0.3) is 0 Å². The van der Waals surface area contributed by atoms with Crippen molar-refractivity contribution in [2.24, 2.45) is 5.73 Å². The third-order valence-electron chi connectivity index (χ3n) is 5.28. The number of fused-ring (bicyclic) bond motifs is 1. The molecule has 1 aliphatic rings. The number of hydrogen-bond acceptors (Lipinski definition) is 5. The number of methoxy groups -OCH3 is 1. The molecule has 4 rings (SSSR count). The Morgan fingerprint density at radius 2 is 1.88 bits per heavy atom. The molecule has 0 spiro atoms. The van der Waals surface area contributed by atoms with Crippen molar-refractivity contribution in [3.8, 4) is 5.75 Å². The van der Waals surface area contributed by atoms with E-state index in [0.29, 0.717) is 45.8 Å². The van der Waals surface area contributed by atoms with Gasteiger partial charge in [-0.1, -0.05) is 23.7 Å². The summed E-state index contributed by atoms with van der Waals surface area (Å²) in [5.74, 6) is -0.206. The van der Waals surface area contributed by atoms with E-state index in [1.165, 1.54) is 11.3 Å². The molecular weight excluding hydrogens is 480 g/mol. The number of primary amides is 1. The maximum absolute atomic E-state index is 12.8. The van der Waals surface area contributed by atoms with Crippen molar-refractivity contribution in [1.82, 2.24) is 4.90 Å². The van der Waals surface area contributed by atoms with Crippen LogP contribution in [0.5, 0.6) is 5.75 Å². The fraction of sp³-hybridized carbons (Fsp3) is 0.174. The lowest BCUT2D eigenvalue weighted by molar-refractivity contribution is 0.1000. The molecule has 2 heterocycles. The number of thiophene rings is 1. The molecule has 0 radical (unpaired) electrons. The number of benzene rings is 2. The minimum atomic E-state index is -0.575. The Morgan fingerprint density at radius 1 is 1.15 bits per heavy atom. The summed E-state index contributed by atoms with van der Waals surface area (Å²) in [5.41, 5.74) is 8.06. The molecule has 33 heavy (non-hydrogen) atoms. The number of rotatable bonds is 5. The number of thiocarbonyl (C=S) groups is 1. The predicted octanol–water partition coefficient (Wildman–Crippen LogP) is 4.52. The van der Waals surface area contributed by atoms with Gasteiger partial charge in [0.05, 0.1) is 29.8 Å². The molecule has 10 heteroatoms. The molecule has 1 aliphatic heterocycles. The largest absolute Gasteiger partial charge is 0.497 e. The molecule has 0 fully saturated rings. The zero-order valence-corrected chi connectivity index (χ0v) is 20.1. The van der Waals surface area contributed by atoms with Crippen molar-refractivity contribution in [1.29, 1.82) is 0 Å². The van der Waals surface area contributed by atoms with E-state index in [1.54, 1.807) is 31.4 Å². The molecule has 0 bridgehead atoms. The maximum atomic E-state index is 12.8. The number of hydrogen-bond donors (Lipinski definition) is 3. The van der Waals surface area contributed by atoms with Crippen molar-refractivity contribution in [3.63, 3.8) is 0 Å². The summed E-state index contributed by atoms with van der Waals surface area (Å²) in [5, 5.41) is 7.37. The van der Waals surface area contributed by atoms with Gasteiger partial charge in [-0.15, -0.1) is 11.3 Å². The van der Waals surface area contributed by atoms with Gasteiger partial charge in [0, 0.05) is 17.1 Å². The smallest absolute Gasteiger partial charge is 0.257 e. The normalized spacial score (nSPS) is 12.6. The van der Waals surface area contributed by atoms with Crippen molar-refractivity contribution in [2.75, 3.05) is 24.3 Å². The molecule has 2 aromatic carbocycles. The molecule has 2 amide bonds. The summed E-state index contributed by atoms with van der Waals surface area (Å²) in [6, 6.07) is 14.2. The van der Waals surface area contributed by atoms with Crippen LogP contribution in [0.2, 0.25) is 5.02 Å². The van der Waals surface area contributed by atoms with Crippen molar-refractivity contribution in [2.45, 2.75) is 13.0 Å². The number of amides is 2. The van der Waals surface area contributed by atoms with E-state index < -0.39 is 11.8 Å². The Kier molecular flexibility index (Phi) is 6.83. The molecule has 3 aromatic rings. The summed E-state index contributed by atoms with van der Waals surface area (Å²) in [7, 11) is 1.62. The summed E-state index contributed by atoms with van der Waals surface area (Å²) < 4.78 is 5.18. The van der Waals surface area contributed by atoms with Gasteiger partial charge in [-0.05, 0) is 60.6 Å². The van der Waals surface area contributed by atoms with E-state index in [1.807, 2.05) is 29.2 Å². The summed E-state index contributed by atoms with van der Waals surface area (Å²) in [6.07, 6.45) is 0.580. The number of anilines is 2. The number of nitrogens with one attached hydrogen (secondary N) is 2. The van der Waals surface area contributed by atoms with E-state index in [9.17, 15) is 9.59 Å². The maximum Gasteiger partial charge on any atom is 0.257 e. The first-order chi connectivity index (χ1) is 15.9. The van der Waals surface area contributed by atoms with Gasteiger partial charge in [0.2, 0.25) is 0 Å². The Morgan fingerprint density at radius 3 is 2.55 bits per heavy atom. The van der Waals surface area contributed by atoms with E-state index in [0.717, 1.165) is 21.9 Å². The third-order valence-corrected chi connectivity index (χ3v) is 7.10. The van der Waals surface area contributed by atoms with Gasteiger partial charge in [-0.25, -0.2) is 0 Å². The fourth-order valence-corrected chi connectivity index (χ4v) is 5.38. The van der Waals surface area contributed by atoms with Crippen LogP contribution >= 0.6 is 35.2 Å². The molecule has 0 atom stereocenters. The van der Waals surface area contributed by atoms with E-state index in [4.69, 9.17) is 34.3 Å². The number of carbonyl (C=O) groups is 2. The number of halogens is 1. The number of nitrogens with two attached hydrogens (primary N) is 1. The SMILES string of the molecule is COc1ccc(NC(=S)N2CCc3c(sc(NC(=O)c4ccccc4Cl)c3C(N)=O)C2)cc1. The summed E-state index contributed by atoms with van der Waals surface area (Å²) >= 11 is 13.1. The van der Waals surface area contributed by atoms with Gasteiger partial charge >= 0.3 is 0 Å². The lowest BCUT2D eigenvalue weighted by atomic mass is 10.0. The molecule has 1 aromatic heterocycles. The van der Waals surface area contributed by atoms with Gasteiger partial charge in [-0.3, -0.25) is 9.59 Å². The van der Waals surface area contributed by atoms with Crippen molar-refractivity contribution in [3.05, 3.63) is 75.1 Å². The van der Waals surface area contributed by atoms with E-state index >= 15 is 0 Å². The molecule has 0 saturated carbocycles. The highest BCUT2D eigenvalue weighted by atomic mass is 35.5. The lowest BCUT2D eigenvalue weighted by Gasteiger charge is -2.29. The Bertz CT molecular complexity index is 1230. The topological polar surface area (TPSA) is 96.7 Å². The predicted molar refractivity (Wildman–Crippen MR) is 136 cm³/mol. The second kappa shape index (κ2) is 9.78. The van der Waals surface area contributed by atoms with Gasteiger partial charge in [0.15, 0.2) is 5.11 Å². The van der Waals surface area contributed by atoms with Crippen LogP contribution in [-0.4, -0.2) is 35.5 Å². The van der Waals surface area contributed by atoms with Crippen LogP contribution in [0.3, 0.4) is 0 Å². The van der Waals surface area contributed by atoms with Crippen LogP contribution in [0.15, 0.2) is 48.5 Å². The van der Waals surface area contributed by atoms with E-state index in [-0.39, 0.29) is 0 Å². The molecular formula is C23H21ClN4O3S2.